The predicted octanol–water partition coefficient (Wildman–Crippen LogP) is 4.69. The Balaban J connectivity index is 1.73. The summed E-state index contributed by atoms with van der Waals surface area (Å²) in [5.41, 5.74) is 1.37. The second kappa shape index (κ2) is 5.87. The zero-order chi connectivity index (χ0) is 13.2. The van der Waals surface area contributed by atoms with Gasteiger partial charge in [0.2, 0.25) is 0 Å². The minimum atomic E-state index is 0.770. The highest BCUT2D eigenvalue weighted by atomic mass is 79.9. The van der Waals surface area contributed by atoms with Gasteiger partial charge in [0.05, 0.1) is 7.11 Å². The molecule has 1 aromatic carbocycles. The normalized spacial score (nSPS) is 30.5. The van der Waals surface area contributed by atoms with Crippen molar-refractivity contribution in [3.63, 3.8) is 0 Å². The molecule has 0 heterocycles. The van der Waals surface area contributed by atoms with Crippen LogP contribution in [0.2, 0.25) is 0 Å². The van der Waals surface area contributed by atoms with E-state index in [-0.39, 0.29) is 0 Å². The van der Waals surface area contributed by atoms with Gasteiger partial charge in [-0.05, 0) is 61.0 Å². The van der Waals surface area contributed by atoms with Crippen molar-refractivity contribution >= 4 is 15.9 Å². The molecule has 1 nitrogen and oxygen atoms in total. The third kappa shape index (κ3) is 2.69. The maximum Gasteiger partial charge on any atom is 0.122 e. The molecule has 0 saturated heterocycles. The number of alkyl halides is 1. The molecule has 19 heavy (non-hydrogen) atoms. The van der Waals surface area contributed by atoms with Crippen LogP contribution < -0.4 is 4.74 Å². The number of hydrogen-bond donors (Lipinski definition) is 0. The number of fused-ring (bicyclic) bond motifs is 2. The van der Waals surface area contributed by atoms with Crippen molar-refractivity contribution in [3.8, 4) is 5.75 Å². The number of benzene rings is 1. The van der Waals surface area contributed by atoms with Crippen LogP contribution in [0.1, 0.15) is 31.2 Å². The van der Waals surface area contributed by atoms with Gasteiger partial charge in [0.1, 0.15) is 5.75 Å². The van der Waals surface area contributed by atoms with Gasteiger partial charge < -0.3 is 4.74 Å². The van der Waals surface area contributed by atoms with Crippen LogP contribution in [0.25, 0.3) is 0 Å². The fourth-order valence-corrected chi connectivity index (χ4v) is 5.05. The van der Waals surface area contributed by atoms with E-state index in [1.165, 1.54) is 31.2 Å². The van der Waals surface area contributed by atoms with Crippen molar-refractivity contribution in [2.75, 3.05) is 12.4 Å². The van der Waals surface area contributed by atoms with E-state index in [0.29, 0.717) is 0 Å². The summed E-state index contributed by atoms with van der Waals surface area (Å²) in [4.78, 5) is 0. The molecule has 0 amide bonds. The highest BCUT2D eigenvalue weighted by Crippen LogP contribution is 2.52. The fraction of sp³-hybridized carbons (Fsp3) is 0.647. The number of methoxy groups -OCH3 is 1. The lowest BCUT2D eigenvalue weighted by Crippen LogP contribution is -2.24. The van der Waals surface area contributed by atoms with Crippen molar-refractivity contribution in [1.29, 1.82) is 0 Å². The molecule has 0 spiro atoms. The first-order valence-electron chi connectivity index (χ1n) is 7.49. The summed E-state index contributed by atoms with van der Waals surface area (Å²) < 4.78 is 5.50. The molecule has 2 fully saturated rings. The number of rotatable bonds is 5. The first-order chi connectivity index (χ1) is 9.31. The van der Waals surface area contributed by atoms with Gasteiger partial charge in [-0.2, -0.15) is 0 Å². The van der Waals surface area contributed by atoms with E-state index in [2.05, 4.69) is 40.2 Å². The minimum Gasteiger partial charge on any atom is -0.496 e. The Hall–Kier alpha value is -0.500. The van der Waals surface area contributed by atoms with E-state index >= 15 is 0 Å². The summed E-state index contributed by atoms with van der Waals surface area (Å²) in [6.07, 6.45) is 7.09. The number of ether oxygens (including phenoxy) is 1. The van der Waals surface area contributed by atoms with Crippen molar-refractivity contribution < 1.29 is 4.74 Å². The summed E-state index contributed by atoms with van der Waals surface area (Å²) in [6, 6.07) is 8.50. The monoisotopic (exact) mass is 322 g/mol. The van der Waals surface area contributed by atoms with E-state index in [4.69, 9.17) is 4.74 Å². The molecular formula is C17H23BrO. The van der Waals surface area contributed by atoms with Crippen LogP contribution in [0.5, 0.6) is 5.75 Å². The van der Waals surface area contributed by atoms with Gasteiger partial charge in [-0.3, -0.25) is 0 Å². The van der Waals surface area contributed by atoms with E-state index in [1.54, 1.807) is 7.11 Å². The van der Waals surface area contributed by atoms with Gasteiger partial charge in [-0.25, -0.2) is 0 Å². The lowest BCUT2D eigenvalue weighted by molar-refractivity contribution is 0.243. The lowest BCUT2D eigenvalue weighted by Gasteiger charge is -2.29. The molecule has 2 bridgehead atoms. The van der Waals surface area contributed by atoms with Crippen LogP contribution in [0.3, 0.4) is 0 Å². The average molecular weight is 323 g/mol. The van der Waals surface area contributed by atoms with Crippen molar-refractivity contribution in [1.82, 2.24) is 0 Å². The molecule has 3 rings (SSSR count). The van der Waals surface area contributed by atoms with Gasteiger partial charge in [-0.1, -0.05) is 40.5 Å². The van der Waals surface area contributed by atoms with Crippen molar-refractivity contribution in [2.24, 2.45) is 23.7 Å². The summed E-state index contributed by atoms with van der Waals surface area (Å²) in [5, 5.41) is 1.12. The molecule has 4 unspecified atom stereocenters. The van der Waals surface area contributed by atoms with Crippen molar-refractivity contribution in [2.45, 2.75) is 32.1 Å². The Bertz CT molecular complexity index is 431. The SMILES string of the molecule is COc1ccccc1CC(CBr)C1CC2CCC1C2. The second-order valence-electron chi connectivity index (χ2n) is 6.27. The number of hydrogen-bond acceptors (Lipinski definition) is 1. The predicted molar refractivity (Wildman–Crippen MR) is 82.9 cm³/mol. The Morgan fingerprint density at radius 3 is 2.74 bits per heavy atom. The first-order valence-corrected chi connectivity index (χ1v) is 8.61. The zero-order valence-corrected chi connectivity index (χ0v) is 13.2. The zero-order valence-electron chi connectivity index (χ0n) is 11.6. The molecule has 0 radical (unpaired) electrons. The summed E-state index contributed by atoms with van der Waals surface area (Å²) >= 11 is 3.76. The highest BCUT2D eigenvalue weighted by Gasteiger charge is 2.42. The van der Waals surface area contributed by atoms with E-state index in [1.807, 2.05) is 0 Å². The maximum atomic E-state index is 5.50. The number of para-hydroxylation sites is 1. The fourth-order valence-electron chi connectivity index (χ4n) is 4.35. The third-order valence-electron chi connectivity index (χ3n) is 5.27. The summed E-state index contributed by atoms with van der Waals surface area (Å²) in [6.45, 7) is 0. The molecule has 2 heteroatoms. The molecule has 104 valence electrons. The quantitative estimate of drug-likeness (QED) is 0.715. The van der Waals surface area contributed by atoms with Gasteiger partial charge in [-0.15, -0.1) is 0 Å². The van der Waals surface area contributed by atoms with Crippen LogP contribution in [-0.2, 0) is 6.42 Å². The van der Waals surface area contributed by atoms with Gasteiger partial charge >= 0.3 is 0 Å². The molecule has 0 aliphatic heterocycles. The molecule has 2 aliphatic rings. The smallest absolute Gasteiger partial charge is 0.122 e. The Labute approximate surface area is 124 Å². The molecule has 4 atom stereocenters. The van der Waals surface area contributed by atoms with Crippen LogP contribution >= 0.6 is 15.9 Å². The number of halogens is 1. The highest BCUT2D eigenvalue weighted by molar-refractivity contribution is 9.09. The van der Waals surface area contributed by atoms with Gasteiger partial charge in [0.15, 0.2) is 0 Å². The van der Waals surface area contributed by atoms with Crippen LogP contribution in [0.15, 0.2) is 24.3 Å². The summed E-state index contributed by atoms with van der Waals surface area (Å²) in [7, 11) is 1.78. The average Bonchev–Trinajstić information content (AvgIpc) is 3.07. The van der Waals surface area contributed by atoms with Crippen LogP contribution in [-0.4, -0.2) is 12.4 Å². The van der Waals surface area contributed by atoms with E-state index in [9.17, 15) is 0 Å². The van der Waals surface area contributed by atoms with E-state index in [0.717, 1.165) is 41.2 Å². The topological polar surface area (TPSA) is 9.23 Å². The van der Waals surface area contributed by atoms with Crippen molar-refractivity contribution in [3.05, 3.63) is 29.8 Å². The minimum absolute atomic E-state index is 0.770. The molecule has 2 saturated carbocycles. The Morgan fingerprint density at radius 1 is 1.26 bits per heavy atom. The Kier molecular flexibility index (Phi) is 4.16. The molecule has 1 aromatic rings. The standard InChI is InChI=1S/C17H23BrO/c1-19-17-5-3-2-4-14(17)10-15(11-18)16-9-12-6-7-13(16)8-12/h2-5,12-13,15-16H,6-11H2,1H3. The second-order valence-corrected chi connectivity index (χ2v) is 6.92. The molecular weight excluding hydrogens is 300 g/mol. The Morgan fingerprint density at radius 2 is 2.11 bits per heavy atom. The van der Waals surface area contributed by atoms with Crippen LogP contribution in [0, 0.1) is 23.7 Å². The van der Waals surface area contributed by atoms with E-state index < -0.39 is 0 Å². The molecule has 0 N–H and O–H groups in total. The molecule has 0 aromatic heterocycles. The largest absolute Gasteiger partial charge is 0.496 e. The van der Waals surface area contributed by atoms with Gasteiger partial charge in [0, 0.05) is 5.33 Å². The summed E-state index contributed by atoms with van der Waals surface area (Å²) in [5.74, 6) is 4.79. The lowest BCUT2D eigenvalue weighted by atomic mass is 9.77. The molecule has 2 aliphatic carbocycles. The first kappa shape index (κ1) is 13.5. The maximum absolute atomic E-state index is 5.50. The van der Waals surface area contributed by atoms with Gasteiger partial charge in [0.25, 0.3) is 0 Å². The third-order valence-corrected chi connectivity index (χ3v) is 6.10. The van der Waals surface area contributed by atoms with Crippen LogP contribution in [0.4, 0.5) is 0 Å².